The van der Waals surface area contributed by atoms with Crippen molar-refractivity contribution in [1.29, 1.82) is 0 Å². The number of rotatable bonds is 8. The molecule has 13 heteroatoms. The average molecular weight is 571 g/mol. The van der Waals surface area contributed by atoms with E-state index in [1.54, 1.807) is 42.5 Å². The van der Waals surface area contributed by atoms with Gasteiger partial charge in [0, 0.05) is 29.3 Å². The normalized spacial score (nSPS) is 16.8. The van der Waals surface area contributed by atoms with Crippen molar-refractivity contribution < 1.29 is 32.6 Å². The summed E-state index contributed by atoms with van der Waals surface area (Å²) in [5.74, 6) is -0.664. The molecule has 2 aromatic carbocycles. The van der Waals surface area contributed by atoms with Gasteiger partial charge in [-0.1, -0.05) is 39.5 Å². The van der Waals surface area contributed by atoms with Gasteiger partial charge in [0.1, 0.15) is 23.2 Å². The Kier molecular flexibility index (Phi) is 8.08. The van der Waals surface area contributed by atoms with Crippen LogP contribution in [-0.2, 0) is 11.0 Å². The lowest BCUT2D eigenvalue weighted by Crippen LogP contribution is -2.68. The van der Waals surface area contributed by atoms with Crippen LogP contribution in [0.25, 0.3) is 0 Å². The maximum absolute atomic E-state index is 13.8. The van der Waals surface area contributed by atoms with Gasteiger partial charge in [-0.2, -0.15) is 18.2 Å². The van der Waals surface area contributed by atoms with E-state index < -0.39 is 41.7 Å². The fraction of sp³-hybridized carbons (Fsp3) is 0.286. The summed E-state index contributed by atoms with van der Waals surface area (Å²) in [5, 5.41) is 17.6. The summed E-state index contributed by atoms with van der Waals surface area (Å²) in [5.41, 5.74) is -0.329. The number of carbonyl (C=O) groups is 2. The minimum Gasteiger partial charge on any atom is -0.486 e. The number of hydrogen-bond acceptors (Lipinski definition) is 7. The Hall–Kier alpha value is -4.81. The van der Waals surface area contributed by atoms with Gasteiger partial charge in [-0.15, -0.1) is 0 Å². The van der Waals surface area contributed by atoms with Crippen molar-refractivity contribution in [3.05, 3.63) is 72.9 Å². The molecule has 2 atom stereocenters. The Morgan fingerprint density at radius 3 is 2.37 bits per heavy atom. The second-order valence-electron chi connectivity index (χ2n) is 10.4. The van der Waals surface area contributed by atoms with Crippen LogP contribution in [0.1, 0.15) is 26.3 Å². The van der Waals surface area contributed by atoms with E-state index in [0.29, 0.717) is 23.3 Å². The van der Waals surface area contributed by atoms with Gasteiger partial charge in [0.2, 0.25) is 11.9 Å². The summed E-state index contributed by atoms with van der Waals surface area (Å²) in [6.45, 7) is 9.30. The SMILES string of the molecule is C=CC(=O)Nc1cccc(Nc2ncc(C(F)(F)F)c(Nc3cccc(OC4CN(C(=O)O)C4C(C)(C)C)c3)n2)c1. The predicted octanol–water partition coefficient (Wildman–Crippen LogP) is 6.26. The van der Waals surface area contributed by atoms with E-state index in [2.05, 4.69) is 32.5 Å². The minimum atomic E-state index is -4.74. The minimum absolute atomic E-state index is 0.114. The molecule has 1 aromatic heterocycles. The molecular formula is C28H29F3N6O4. The number of anilines is 5. The molecule has 0 saturated carbocycles. The van der Waals surface area contributed by atoms with E-state index in [4.69, 9.17) is 4.74 Å². The summed E-state index contributed by atoms with van der Waals surface area (Å²) >= 11 is 0. The third kappa shape index (κ3) is 7.04. The number of nitrogens with zero attached hydrogens (tertiary/aromatic N) is 3. The molecule has 0 aliphatic carbocycles. The van der Waals surface area contributed by atoms with E-state index in [1.807, 2.05) is 20.8 Å². The molecule has 2 heterocycles. The summed E-state index contributed by atoms with van der Waals surface area (Å²) < 4.78 is 47.5. The third-order valence-corrected chi connectivity index (χ3v) is 6.25. The van der Waals surface area contributed by atoms with Crippen molar-refractivity contribution in [2.75, 3.05) is 22.5 Å². The largest absolute Gasteiger partial charge is 0.486 e. The molecule has 4 N–H and O–H groups in total. The Balaban J connectivity index is 1.55. The van der Waals surface area contributed by atoms with Crippen molar-refractivity contribution in [3.63, 3.8) is 0 Å². The number of alkyl halides is 3. The molecule has 3 aromatic rings. The number of nitrogens with one attached hydrogen (secondary N) is 3. The van der Waals surface area contributed by atoms with Crippen molar-refractivity contribution in [2.45, 2.75) is 39.1 Å². The molecule has 41 heavy (non-hydrogen) atoms. The van der Waals surface area contributed by atoms with Crippen LogP contribution in [0.5, 0.6) is 5.75 Å². The Labute approximate surface area is 234 Å². The van der Waals surface area contributed by atoms with Crippen LogP contribution in [0.4, 0.5) is 46.8 Å². The Bertz CT molecular complexity index is 1460. The number of hydrogen-bond donors (Lipinski definition) is 4. The van der Waals surface area contributed by atoms with E-state index in [-0.39, 0.29) is 23.6 Å². The zero-order valence-corrected chi connectivity index (χ0v) is 22.5. The van der Waals surface area contributed by atoms with Gasteiger partial charge in [-0.3, -0.25) is 9.69 Å². The molecule has 2 amide bonds. The van der Waals surface area contributed by atoms with Crippen LogP contribution in [0.3, 0.4) is 0 Å². The number of amides is 2. The van der Waals surface area contributed by atoms with Crippen LogP contribution in [0, 0.1) is 5.41 Å². The van der Waals surface area contributed by atoms with Gasteiger partial charge >= 0.3 is 12.3 Å². The number of likely N-dealkylation sites (tertiary alicyclic amines) is 1. The summed E-state index contributed by atoms with van der Waals surface area (Å²) in [6, 6.07) is 12.4. The lowest BCUT2D eigenvalue weighted by molar-refractivity contribution is -0.137. The highest BCUT2D eigenvalue weighted by Crippen LogP contribution is 2.38. The maximum atomic E-state index is 13.8. The smallest absolute Gasteiger partial charge is 0.421 e. The van der Waals surface area contributed by atoms with Crippen LogP contribution >= 0.6 is 0 Å². The average Bonchev–Trinajstić information content (AvgIpc) is 2.85. The van der Waals surface area contributed by atoms with Gasteiger partial charge < -0.3 is 25.8 Å². The molecule has 0 bridgehead atoms. The third-order valence-electron chi connectivity index (χ3n) is 6.25. The van der Waals surface area contributed by atoms with Gasteiger partial charge in [0.05, 0.1) is 12.6 Å². The first kappa shape index (κ1) is 29.2. The van der Waals surface area contributed by atoms with Crippen molar-refractivity contribution in [2.24, 2.45) is 5.41 Å². The second-order valence-corrected chi connectivity index (χ2v) is 10.4. The van der Waals surface area contributed by atoms with Crippen LogP contribution < -0.4 is 20.7 Å². The molecule has 216 valence electrons. The molecular weight excluding hydrogens is 541 g/mol. The van der Waals surface area contributed by atoms with Gasteiger partial charge in [-0.05, 0) is 41.8 Å². The standard InChI is InChI=1S/C28H29F3N6O4/c1-5-22(38)33-16-8-6-9-17(12-16)35-25-32-14-20(28(29,30)31)24(36-25)34-18-10-7-11-19(13-18)41-21-15-37(26(39)40)23(21)27(2,3)4/h5-14,21,23H,1,15H2,2-4H3,(H,33,38)(H,39,40)(H2,32,34,35,36). The molecule has 1 saturated heterocycles. The lowest BCUT2D eigenvalue weighted by atomic mass is 9.77. The van der Waals surface area contributed by atoms with Gasteiger partial charge in [0.25, 0.3) is 0 Å². The summed E-state index contributed by atoms with van der Waals surface area (Å²) in [4.78, 5) is 32.3. The quantitative estimate of drug-likeness (QED) is 0.234. The molecule has 2 unspecified atom stereocenters. The van der Waals surface area contributed by atoms with Crippen molar-refractivity contribution in [1.82, 2.24) is 14.9 Å². The number of benzene rings is 2. The first-order chi connectivity index (χ1) is 19.2. The summed E-state index contributed by atoms with van der Waals surface area (Å²) in [7, 11) is 0. The van der Waals surface area contributed by atoms with E-state index in [9.17, 15) is 27.9 Å². The van der Waals surface area contributed by atoms with Crippen LogP contribution in [0.15, 0.2) is 67.4 Å². The number of carboxylic acid groups (broad SMARTS) is 1. The van der Waals surface area contributed by atoms with Crippen molar-refractivity contribution in [3.8, 4) is 5.75 Å². The molecule has 4 rings (SSSR count). The topological polar surface area (TPSA) is 129 Å². The number of ether oxygens (including phenoxy) is 1. The van der Waals surface area contributed by atoms with E-state index in [0.717, 1.165) is 6.08 Å². The zero-order chi connectivity index (χ0) is 29.9. The van der Waals surface area contributed by atoms with Crippen LogP contribution in [-0.4, -0.2) is 50.7 Å². The molecule has 1 fully saturated rings. The molecule has 10 nitrogen and oxygen atoms in total. The highest BCUT2D eigenvalue weighted by atomic mass is 19.4. The number of carbonyl (C=O) groups excluding carboxylic acids is 1. The van der Waals surface area contributed by atoms with E-state index >= 15 is 0 Å². The number of aromatic nitrogens is 2. The second kappa shape index (κ2) is 11.4. The summed E-state index contributed by atoms with van der Waals surface area (Å²) in [6.07, 6.45) is -4.42. The highest BCUT2D eigenvalue weighted by Gasteiger charge is 2.50. The molecule has 0 radical (unpaired) electrons. The van der Waals surface area contributed by atoms with E-state index in [1.165, 1.54) is 11.0 Å². The first-order valence-electron chi connectivity index (χ1n) is 12.5. The van der Waals surface area contributed by atoms with Gasteiger partial charge in [0.15, 0.2) is 0 Å². The number of halogens is 3. The fourth-order valence-corrected chi connectivity index (χ4v) is 4.49. The van der Waals surface area contributed by atoms with Gasteiger partial charge in [-0.25, -0.2) is 9.78 Å². The Morgan fingerprint density at radius 1 is 1.07 bits per heavy atom. The van der Waals surface area contributed by atoms with Crippen molar-refractivity contribution >= 4 is 40.8 Å². The monoisotopic (exact) mass is 570 g/mol. The zero-order valence-electron chi connectivity index (χ0n) is 22.5. The maximum Gasteiger partial charge on any atom is 0.421 e. The Morgan fingerprint density at radius 2 is 1.73 bits per heavy atom. The highest BCUT2D eigenvalue weighted by molar-refractivity contribution is 5.99. The first-order valence-corrected chi connectivity index (χ1v) is 12.5. The molecule has 0 spiro atoms. The van der Waals surface area contributed by atoms with Crippen LogP contribution in [0.2, 0.25) is 0 Å². The molecule has 1 aliphatic rings. The predicted molar refractivity (Wildman–Crippen MR) is 148 cm³/mol. The lowest BCUT2D eigenvalue weighted by Gasteiger charge is -2.51. The fourth-order valence-electron chi connectivity index (χ4n) is 4.49. The molecule has 1 aliphatic heterocycles.